The van der Waals surface area contributed by atoms with E-state index in [2.05, 4.69) is 27.4 Å². The van der Waals surface area contributed by atoms with Crippen molar-refractivity contribution in [2.45, 2.75) is 77.9 Å². The average Bonchev–Trinajstić information content (AvgIpc) is 2.59. The molecule has 0 heterocycles. The van der Waals surface area contributed by atoms with Crippen molar-refractivity contribution in [3.63, 3.8) is 0 Å². The molecule has 7 atom stereocenters. The van der Waals surface area contributed by atoms with Crippen LogP contribution in [0.25, 0.3) is 0 Å². The molecule has 2 N–H and O–H groups in total. The van der Waals surface area contributed by atoms with E-state index in [0.717, 1.165) is 24.8 Å². The van der Waals surface area contributed by atoms with E-state index in [-0.39, 0.29) is 29.0 Å². The van der Waals surface area contributed by atoms with Gasteiger partial charge in [0.2, 0.25) is 0 Å². The van der Waals surface area contributed by atoms with Crippen LogP contribution in [0.15, 0.2) is 12.2 Å². The van der Waals surface area contributed by atoms with Crippen LogP contribution in [0, 0.1) is 34.0 Å². The molecule has 2 bridgehead atoms. The van der Waals surface area contributed by atoms with Gasteiger partial charge in [0, 0.05) is 5.41 Å². The zero-order valence-electron chi connectivity index (χ0n) is 14.4. The Morgan fingerprint density at radius 1 is 1.09 bits per heavy atom. The summed E-state index contributed by atoms with van der Waals surface area (Å²) in [7, 11) is 0. The fraction of sp³-hybridized carbons (Fsp3) is 0.900. The summed E-state index contributed by atoms with van der Waals surface area (Å²) in [6.07, 6.45) is 7.33. The second-order valence-electron chi connectivity index (χ2n) is 9.83. The third-order valence-electron chi connectivity index (χ3n) is 8.46. The molecule has 0 unspecified atom stereocenters. The van der Waals surface area contributed by atoms with Crippen molar-refractivity contribution in [3.8, 4) is 0 Å². The SMILES string of the molecule is C=C1[C@@H]2C[C@@H](O)[C@H]3[C@]4(C)CCCC(C)(C)[C@H]4CC[C@]3(C2)[C@@H]1O. The van der Waals surface area contributed by atoms with E-state index >= 15 is 0 Å². The topological polar surface area (TPSA) is 40.5 Å². The fourth-order valence-electron chi connectivity index (χ4n) is 7.80. The zero-order valence-corrected chi connectivity index (χ0v) is 14.4. The van der Waals surface area contributed by atoms with E-state index < -0.39 is 0 Å². The molecule has 124 valence electrons. The van der Waals surface area contributed by atoms with Crippen molar-refractivity contribution < 1.29 is 10.2 Å². The summed E-state index contributed by atoms with van der Waals surface area (Å²) >= 11 is 0. The summed E-state index contributed by atoms with van der Waals surface area (Å²) in [4.78, 5) is 0. The fourth-order valence-corrected chi connectivity index (χ4v) is 7.80. The van der Waals surface area contributed by atoms with E-state index in [1.165, 1.54) is 25.7 Å². The zero-order chi connectivity index (χ0) is 15.9. The van der Waals surface area contributed by atoms with Gasteiger partial charge in [-0.1, -0.05) is 33.8 Å². The van der Waals surface area contributed by atoms with Crippen LogP contribution in [0.5, 0.6) is 0 Å². The van der Waals surface area contributed by atoms with Crippen molar-refractivity contribution in [2.24, 2.45) is 34.0 Å². The molecule has 0 radical (unpaired) electrons. The van der Waals surface area contributed by atoms with E-state index in [1.54, 1.807) is 0 Å². The molecule has 2 heteroatoms. The highest BCUT2D eigenvalue weighted by Crippen LogP contribution is 2.71. The number of hydrogen-bond acceptors (Lipinski definition) is 2. The van der Waals surface area contributed by atoms with Crippen molar-refractivity contribution in [1.82, 2.24) is 0 Å². The monoisotopic (exact) mass is 304 g/mol. The number of aliphatic hydroxyl groups is 2. The molecule has 0 aromatic carbocycles. The first-order valence-corrected chi connectivity index (χ1v) is 9.27. The lowest BCUT2D eigenvalue weighted by molar-refractivity contribution is -0.203. The lowest BCUT2D eigenvalue weighted by atomic mass is 9.40. The summed E-state index contributed by atoms with van der Waals surface area (Å²) in [6.45, 7) is 11.5. The van der Waals surface area contributed by atoms with Gasteiger partial charge in [-0.25, -0.2) is 0 Å². The van der Waals surface area contributed by atoms with Crippen LogP contribution in [-0.4, -0.2) is 22.4 Å². The molecule has 4 aliphatic carbocycles. The molecule has 4 fully saturated rings. The Balaban J connectivity index is 1.82. The van der Waals surface area contributed by atoms with Crippen LogP contribution in [0.1, 0.15) is 65.7 Å². The highest BCUT2D eigenvalue weighted by atomic mass is 16.3. The predicted molar refractivity (Wildman–Crippen MR) is 88.3 cm³/mol. The van der Waals surface area contributed by atoms with E-state index in [0.29, 0.717) is 17.3 Å². The van der Waals surface area contributed by atoms with Crippen molar-refractivity contribution in [2.75, 3.05) is 0 Å². The molecule has 4 aliphatic rings. The highest BCUT2D eigenvalue weighted by Gasteiger charge is 2.68. The molecule has 22 heavy (non-hydrogen) atoms. The van der Waals surface area contributed by atoms with Gasteiger partial charge in [0.1, 0.15) is 0 Å². The molecular weight excluding hydrogens is 272 g/mol. The summed E-state index contributed by atoms with van der Waals surface area (Å²) in [5.74, 6) is 1.28. The Bertz CT molecular complexity index is 510. The van der Waals surface area contributed by atoms with Gasteiger partial charge in [-0.15, -0.1) is 0 Å². The predicted octanol–water partition coefficient (Wildman–Crippen LogP) is 3.92. The third kappa shape index (κ3) is 1.64. The molecule has 0 amide bonds. The number of hydrogen-bond donors (Lipinski definition) is 2. The minimum absolute atomic E-state index is 0.0852. The maximum Gasteiger partial charge on any atom is 0.0810 e. The van der Waals surface area contributed by atoms with Gasteiger partial charge < -0.3 is 10.2 Å². The van der Waals surface area contributed by atoms with Crippen LogP contribution in [0.2, 0.25) is 0 Å². The maximum atomic E-state index is 11.0. The Kier molecular flexibility index (Phi) is 3.03. The number of rotatable bonds is 0. The average molecular weight is 304 g/mol. The smallest absolute Gasteiger partial charge is 0.0810 e. The van der Waals surface area contributed by atoms with Gasteiger partial charge in [0.05, 0.1) is 12.2 Å². The largest absolute Gasteiger partial charge is 0.393 e. The van der Waals surface area contributed by atoms with E-state index in [4.69, 9.17) is 0 Å². The van der Waals surface area contributed by atoms with E-state index in [9.17, 15) is 10.2 Å². The summed E-state index contributed by atoms with van der Waals surface area (Å²) in [5.41, 5.74) is 1.47. The minimum atomic E-state index is -0.387. The van der Waals surface area contributed by atoms with Crippen LogP contribution in [-0.2, 0) is 0 Å². The molecule has 0 aliphatic heterocycles. The van der Waals surface area contributed by atoms with Gasteiger partial charge in [0.15, 0.2) is 0 Å². The molecule has 0 saturated heterocycles. The third-order valence-corrected chi connectivity index (χ3v) is 8.46. The Morgan fingerprint density at radius 2 is 1.82 bits per heavy atom. The molecule has 4 saturated carbocycles. The summed E-state index contributed by atoms with van der Waals surface area (Å²) in [6, 6.07) is 0. The van der Waals surface area contributed by atoms with Crippen LogP contribution >= 0.6 is 0 Å². The summed E-state index contributed by atoms with van der Waals surface area (Å²) < 4.78 is 0. The number of fused-ring (bicyclic) bond motifs is 3. The minimum Gasteiger partial charge on any atom is -0.393 e. The van der Waals surface area contributed by atoms with Crippen LogP contribution in [0.3, 0.4) is 0 Å². The molecule has 0 aromatic rings. The second kappa shape index (κ2) is 4.39. The first-order chi connectivity index (χ1) is 10.2. The molecule has 0 aromatic heterocycles. The quantitative estimate of drug-likeness (QED) is 0.666. The lowest BCUT2D eigenvalue weighted by Gasteiger charge is -2.65. The van der Waals surface area contributed by atoms with Crippen molar-refractivity contribution in [3.05, 3.63) is 12.2 Å². The standard InChI is InChI=1S/C20H32O2/c1-12-13-10-14(21)16-19(4)8-5-7-18(2,3)15(19)6-9-20(16,11-13)17(12)22/h13-17,21-22H,1,5-11H2,2-4H3/t13-,14-,15-,16+,17-,19-,20-/m1/s1. The Hall–Kier alpha value is -0.340. The molecule has 2 nitrogen and oxygen atoms in total. The first-order valence-electron chi connectivity index (χ1n) is 9.27. The normalized spacial score (nSPS) is 56.4. The Morgan fingerprint density at radius 3 is 2.55 bits per heavy atom. The van der Waals surface area contributed by atoms with Gasteiger partial charge in [-0.3, -0.25) is 0 Å². The van der Waals surface area contributed by atoms with Gasteiger partial charge in [0.25, 0.3) is 0 Å². The van der Waals surface area contributed by atoms with Gasteiger partial charge >= 0.3 is 0 Å². The molecule has 4 rings (SSSR count). The Labute approximate surface area is 135 Å². The first kappa shape index (κ1) is 15.2. The number of aliphatic hydroxyl groups excluding tert-OH is 2. The maximum absolute atomic E-state index is 11.0. The van der Waals surface area contributed by atoms with E-state index in [1.807, 2.05) is 0 Å². The molecule has 1 spiro atoms. The lowest BCUT2D eigenvalue weighted by Crippen LogP contribution is -2.61. The van der Waals surface area contributed by atoms with Gasteiger partial charge in [-0.05, 0) is 72.7 Å². The van der Waals surface area contributed by atoms with Crippen molar-refractivity contribution in [1.29, 1.82) is 0 Å². The van der Waals surface area contributed by atoms with Crippen molar-refractivity contribution >= 4 is 0 Å². The highest BCUT2D eigenvalue weighted by molar-refractivity contribution is 5.28. The summed E-state index contributed by atoms with van der Waals surface area (Å²) in [5, 5.41) is 22.0. The van der Waals surface area contributed by atoms with Gasteiger partial charge in [-0.2, -0.15) is 0 Å². The molecular formula is C20H32O2. The van der Waals surface area contributed by atoms with Crippen LogP contribution in [0.4, 0.5) is 0 Å². The van der Waals surface area contributed by atoms with Crippen LogP contribution < -0.4 is 0 Å². The second-order valence-corrected chi connectivity index (χ2v) is 9.83.